The van der Waals surface area contributed by atoms with Gasteiger partial charge in [-0.15, -0.1) is 0 Å². The number of anilines is 1. The fourth-order valence-electron chi connectivity index (χ4n) is 4.37. The van der Waals surface area contributed by atoms with Gasteiger partial charge in [0.2, 0.25) is 5.91 Å². The van der Waals surface area contributed by atoms with E-state index in [1.54, 1.807) is 24.3 Å². The summed E-state index contributed by atoms with van der Waals surface area (Å²) in [6.45, 7) is 4.74. The van der Waals surface area contributed by atoms with Gasteiger partial charge in [-0.3, -0.25) is 14.4 Å². The van der Waals surface area contributed by atoms with Crippen LogP contribution >= 0.6 is 0 Å². The fourth-order valence-corrected chi connectivity index (χ4v) is 4.37. The number of hydrogen-bond acceptors (Lipinski definition) is 3. The number of benzene rings is 2. The predicted molar refractivity (Wildman–Crippen MR) is 120 cm³/mol. The predicted octanol–water partition coefficient (Wildman–Crippen LogP) is 3.72. The minimum atomic E-state index is -0.119. The molecule has 6 nitrogen and oxygen atoms in total. The molecule has 2 heterocycles. The van der Waals surface area contributed by atoms with Crippen LogP contribution in [0.5, 0.6) is 0 Å². The molecule has 3 amide bonds. The number of piperidine rings is 1. The third kappa shape index (κ3) is 4.79. The molecule has 0 spiro atoms. The summed E-state index contributed by atoms with van der Waals surface area (Å²) in [5, 5.41) is 2.96. The molecule has 0 saturated carbocycles. The van der Waals surface area contributed by atoms with Crippen LogP contribution in [0.2, 0.25) is 0 Å². The molecular formula is C25H29N3O3. The topological polar surface area (TPSA) is 69.7 Å². The van der Waals surface area contributed by atoms with Gasteiger partial charge in [0.1, 0.15) is 0 Å². The number of carbonyl (C=O) groups excluding carboxylic acids is 3. The Bertz CT molecular complexity index is 956. The van der Waals surface area contributed by atoms with E-state index in [0.717, 1.165) is 37.1 Å². The number of likely N-dealkylation sites (tertiary alicyclic amines) is 2. The van der Waals surface area contributed by atoms with Gasteiger partial charge in [0.05, 0.1) is 0 Å². The third-order valence-corrected chi connectivity index (χ3v) is 6.32. The maximum absolute atomic E-state index is 12.8. The van der Waals surface area contributed by atoms with E-state index in [1.165, 1.54) is 0 Å². The molecule has 4 rings (SSSR count). The summed E-state index contributed by atoms with van der Waals surface area (Å²) >= 11 is 0. The second-order valence-corrected chi connectivity index (χ2v) is 8.45. The first-order valence-electron chi connectivity index (χ1n) is 11.1. The molecule has 0 unspecified atom stereocenters. The van der Waals surface area contributed by atoms with Gasteiger partial charge in [0, 0.05) is 48.9 Å². The zero-order chi connectivity index (χ0) is 21.8. The first-order valence-corrected chi connectivity index (χ1v) is 11.1. The van der Waals surface area contributed by atoms with Crippen LogP contribution in [0.3, 0.4) is 0 Å². The van der Waals surface area contributed by atoms with E-state index in [1.807, 2.05) is 41.0 Å². The van der Waals surface area contributed by atoms with Crippen molar-refractivity contribution in [2.75, 3.05) is 31.5 Å². The molecule has 0 aromatic heterocycles. The smallest absolute Gasteiger partial charge is 0.254 e. The van der Waals surface area contributed by atoms with Crippen molar-refractivity contribution in [1.82, 2.24) is 9.80 Å². The van der Waals surface area contributed by atoms with Crippen LogP contribution in [0.1, 0.15) is 52.0 Å². The second kappa shape index (κ2) is 9.33. The van der Waals surface area contributed by atoms with E-state index in [2.05, 4.69) is 5.32 Å². The second-order valence-electron chi connectivity index (χ2n) is 8.45. The van der Waals surface area contributed by atoms with E-state index in [0.29, 0.717) is 37.2 Å². The molecule has 2 aliphatic rings. The molecule has 162 valence electrons. The summed E-state index contributed by atoms with van der Waals surface area (Å²) < 4.78 is 0. The number of aryl methyl sites for hydroxylation is 1. The number of carbonyl (C=O) groups is 3. The summed E-state index contributed by atoms with van der Waals surface area (Å²) in [5.74, 6) is -0.0512. The lowest BCUT2D eigenvalue weighted by Gasteiger charge is -2.31. The summed E-state index contributed by atoms with van der Waals surface area (Å²) in [6.07, 6.45) is 3.43. The Labute approximate surface area is 183 Å². The zero-order valence-corrected chi connectivity index (χ0v) is 18.0. The van der Waals surface area contributed by atoms with E-state index in [9.17, 15) is 14.4 Å². The molecule has 0 aliphatic carbocycles. The maximum Gasteiger partial charge on any atom is 0.254 e. The van der Waals surface area contributed by atoms with Crippen molar-refractivity contribution in [2.45, 2.75) is 32.6 Å². The average molecular weight is 420 g/mol. The highest BCUT2D eigenvalue weighted by molar-refractivity contribution is 5.97. The lowest BCUT2D eigenvalue weighted by Crippen LogP contribution is -2.41. The SMILES string of the molecule is Cc1ccccc1C(=O)N1CCC(C(=O)Nc2ccc(C(=O)N3CCCC3)cc2)CC1. The lowest BCUT2D eigenvalue weighted by molar-refractivity contribution is -0.121. The van der Waals surface area contributed by atoms with Gasteiger partial charge >= 0.3 is 0 Å². The van der Waals surface area contributed by atoms with Crippen LogP contribution in [0.15, 0.2) is 48.5 Å². The zero-order valence-electron chi connectivity index (χ0n) is 18.0. The van der Waals surface area contributed by atoms with E-state index >= 15 is 0 Å². The minimum absolute atomic E-state index is 0.0263. The van der Waals surface area contributed by atoms with Gasteiger partial charge in [-0.1, -0.05) is 18.2 Å². The molecule has 0 radical (unpaired) electrons. The summed E-state index contributed by atoms with van der Waals surface area (Å²) in [4.78, 5) is 41.6. The number of amides is 3. The standard InChI is InChI=1S/C25H29N3O3/c1-18-6-2-3-7-22(18)25(31)28-16-12-19(13-17-28)23(29)26-21-10-8-20(9-11-21)24(30)27-14-4-5-15-27/h2-3,6-11,19H,4-5,12-17H2,1H3,(H,26,29). The van der Waals surface area contributed by atoms with Crippen molar-refractivity contribution in [1.29, 1.82) is 0 Å². The Morgan fingerprint density at radius 3 is 2.06 bits per heavy atom. The van der Waals surface area contributed by atoms with Gasteiger partial charge in [-0.05, 0) is 68.5 Å². The molecule has 2 aromatic carbocycles. The quantitative estimate of drug-likeness (QED) is 0.821. The highest BCUT2D eigenvalue weighted by atomic mass is 16.2. The van der Waals surface area contributed by atoms with Crippen molar-refractivity contribution in [2.24, 2.45) is 5.92 Å². The average Bonchev–Trinajstić information content (AvgIpc) is 3.34. The normalized spacial score (nSPS) is 16.9. The molecular weight excluding hydrogens is 390 g/mol. The molecule has 2 aliphatic heterocycles. The molecule has 6 heteroatoms. The summed E-state index contributed by atoms with van der Waals surface area (Å²) in [7, 11) is 0. The van der Waals surface area contributed by atoms with Gasteiger partial charge in [0.15, 0.2) is 0 Å². The van der Waals surface area contributed by atoms with Crippen LogP contribution in [0, 0.1) is 12.8 Å². The Morgan fingerprint density at radius 1 is 0.806 bits per heavy atom. The third-order valence-electron chi connectivity index (χ3n) is 6.32. The number of hydrogen-bond donors (Lipinski definition) is 1. The van der Waals surface area contributed by atoms with Crippen molar-refractivity contribution >= 4 is 23.4 Å². The van der Waals surface area contributed by atoms with Crippen LogP contribution in [0.4, 0.5) is 5.69 Å². The van der Waals surface area contributed by atoms with Crippen LogP contribution in [0.25, 0.3) is 0 Å². The highest BCUT2D eigenvalue weighted by Crippen LogP contribution is 2.22. The molecule has 0 bridgehead atoms. The summed E-state index contributed by atoms with van der Waals surface area (Å²) in [5.41, 5.74) is 3.05. The van der Waals surface area contributed by atoms with Crippen LogP contribution in [-0.4, -0.2) is 53.7 Å². The number of nitrogens with one attached hydrogen (secondary N) is 1. The van der Waals surface area contributed by atoms with E-state index in [4.69, 9.17) is 0 Å². The first kappa shape index (κ1) is 21.1. The van der Waals surface area contributed by atoms with Crippen molar-refractivity contribution in [3.63, 3.8) is 0 Å². The Morgan fingerprint density at radius 2 is 1.42 bits per heavy atom. The largest absolute Gasteiger partial charge is 0.339 e. The Kier molecular flexibility index (Phi) is 6.35. The van der Waals surface area contributed by atoms with Gasteiger partial charge in [-0.25, -0.2) is 0 Å². The first-order chi connectivity index (χ1) is 15.0. The van der Waals surface area contributed by atoms with Crippen LogP contribution in [-0.2, 0) is 4.79 Å². The molecule has 31 heavy (non-hydrogen) atoms. The Balaban J connectivity index is 1.29. The van der Waals surface area contributed by atoms with Crippen molar-refractivity contribution in [3.05, 3.63) is 65.2 Å². The minimum Gasteiger partial charge on any atom is -0.339 e. The van der Waals surface area contributed by atoms with Crippen molar-refractivity contribution in [3.8, 4) is 0 Å². The number of rotatable bonds is 4. The van der Waals surface area contributed by atoms with Crippen molar-refractivity contribution < 1.29 is 14.4 Å². The highest BCUT2D eigenvalue weighted by Gasteiger charge is 2.28. The monoisotopic (exact) mass is 419 g/mol. The molecule has 2 saturated heterocycles. The van der Waals surface area contributed by atoms with Gasteiger partial charge < -0.3 is 15.1 Å². The number of nitrogens with zero attached hydrogens (tertiary/aromatic N) is 2. The van der Waals surface area contributed by atoms with E-state index < -0.39 is 0 Å². The van der Waals surface area contributed by atoms with Crippen LogP contribution < -0.4 is 5.32 Å². The molecule has 1 N–H and O–H groups in total. The van der Waals surface area contributed by atoms with Gasteiger partial charge in [-0.2, -0.15) is 0 Å². The van der Waals surface area contributed by atoms with E-state index in [-0.39, 0.29) is 23.6 Å². The molecule has 2 aromatic rings. The maximum atomic E-state index is 12.8. The fraction of sp³-hybridized carbons (Fsp3) is 0.400. The molecule has 2 fully saturated rings. The molecule has 0 atom stereocenters. The lowest BCUT2D eigenvalue weighted by atomic mass is 9.95. The Hall–Kier alpha value is -3.15. The van der Waals surface area contributed by atoms with Gasteiger partial charge in [0.25, 0.3) is 11.8 Å². The summed E-state index contributed by atoms with van der Waals surface area (Å²) in [6, 6.07) is 14.7.